The predicted molar refractivity (Wildman–Crippen MR) is 133 cm³/mol. The van der Waals surface area contributed by atoms with E-state index in [0.29, 0.717) is 13.1 Å². The van der Waals surface area contributed by atoms with Gasteiger partial charge in [-0.1, -0.05) is 66.9 Å². The Morgan fingerprint density at radius 2 is 1.59 bits per heavy atom. The molecule has 0 heterocycles. The number of hydrogen-bond acceptors (Lipinski definition) is 2. The average Bonchev–Trinajstić information content (AvgIpc) is 3.38. The number of rotatable bonds is 8. The van der Waals surface area contributed by atoms with Crippen molar-refractivity contribution in [1.82, 2.24) is 5.32 Å². The number of hydrogen-bond donors (Lipinski definition) is 1. The Morgan fingerprint density at radius 3 is 2.29 bits per heavy atom. The Bertz CT molecular complexity index is 1120. The molecule has 0 aromatic heterocycles. The molecule has 0 aliphatic heterocycles. The molecule has 4 rings (SSSR count). The quantitative estimate of drug-likeness (QED) is 0.470. The van der Waals surface area contributed by atoms with E-state index in [4.69, 9.17) is 0 Å². The van der Waals surface area contributed by atoms with E-state index in [9.17, 15) is 14.0 Å². The van der Waals surface area contributed by atoms with Crippen molar-refractivity contribution in [3.63, 3.8) is 0 Å². The number of anilines is 1. The zero-order valence-electron chi connectivity index (χ0n) is 19.6. The lowest BCUT2D eigenvalue weighted by atomic mass is 10.0. The number of nitrogens with one attached hydrogen (secondary N) is 1. The fourth-order valence-electron chi connectivity index (χ4n) is 4.45. The van der Waals surface area contributed by atoms with Gasteiger partial charge in [0.15, 0.2) is 0 Å². The lowest BCUT2D eigenvalue weighted by Crippen LogP contribution is -2.35. The van der Waals surface area contributed by atoms with Crippen LogP contribution < -0.4 is 10.2 Å². The van der Waals surface area contributed by atoms with Gasteiger partial charge in [-0.25, -0.2) is 4.39 Å². The summed E-state index contributed by atoms with van der Waals surface area (Å²) >= 11 is 0. The van der Waals surface area contributed by atoms with Gasteiger partial charge in [0, 0.05) is 18.2 Å². The van der Waals surface area contributed by atoms with E-state index in [0.717, 1.165) is 48.1 Å². The van der Waals surface area contributed by atoms with Crippen molar-refractivity contribution in [3.05, 3.63) is 101 Å². The van der Waals surface area contributed by atoms with Crippen molar-refractivity contribution in [1.29, 1.82) is 0 Å². The molecule has 0 radical (unpaired) electrons. The van der Waals surface area contributed by atoms with Crippen LogP contribution in [0.15, 0.2) is 72.8 Å². The molecule has 4 nitrogen and oxygen atoms in total. The van der Waals surface area contributed by atoms with Crippen LogP contribution in [0.2, 0.25) is 0 Å². The normalized spacial score (nSPS) is 13.6. The highest BCUT2D eigenvalue weighted by molar-refractivity contribution is 5.95. The molecule has 0 saturated heterocycles. The Morgan fingerprint density at radius 1 is 0.912 bits per heavy atom. The summed E-state index contributed by atoms with van der Waals surface area (Å²) in [5, 5.41) is 2.89. The van der Waals surface area contributed by atoms with Crippen molar-refractivity contribution >= 4 is 17.5 Å². The molecular formula is C29H31FN2O2. The van der Waals surface area contributed by atoms with Crippen LogP contribution >= 0.6 is 0 Å². The van der Waals surface area contributed by atoms with Crippen molar-refractivity contribution in [3.8, 4) is 0 Å². The predicted octanol–water partition coefficient (Wildman–Crippen LogP) is 5.72. The van der Waals surface area contributed by atoms with Crippen molar-refractivity contribution in [2.24, 2.45) is 5.92 Å². The van der Waals surface area contributed by atoms with Gasteiger partial charge in [-0.05, 0) is 60.7 Å². The first-order valence-electron chi connectivity index (χ1n) is 11.9. The molecule has 2 amide bonds. The van der Waals surface area contributed by atoms with Crippen LogP contribution in [0, 0.1) is 18.7 Å². The van der Waals surface area contributed by atoms with Gasteiger partial charge in [-0.3, -0.25) is 9.59 Å². The second-order valence-electron chi connectivity index (χ2n) is 9.14. The maximum atomic E-state index is 13.5. The summed E-state index contributed by atoms with van der Waals surface area (Å²) in [7, 11) is 0. The molecule has 1 N–H and O–H groups in total. The number of carbonyl (C=O) groups excluding carboxylic acids is 2. The molecule has 34 heavy (non-hydrogen) atoms. The Hall–Kier alpha value is -3.47. The maximum absolute atomic E-state index is 13.5. The van der Waals surface area contributed by atoms with Gasteiger partial charge in [0.05, 0.1) is 13.0 Å². The monoisotopic (exact) mass is 458 g/mol. The fraction of sp³-hybridized carbons (Fsp3) is 0.310. The maximum Gasteiger partial charge on any atom is 0.230 e. The highest BCUT2D eigenvalue weighted by atomic mass is 19.1. The first kappa shape index (κ1) is 23.7. The minimum atomic E-state index is -0.297. The summed E-state index contributed by atoms with van der Waals surface area (Å²) in [6, 6.07) is 22.1. The second-order valence-corrected chi connectivity index (χ2v) is 9.14. The molecule has 176 valence electrons. The van der Waals surface area contributed by atoms with Crippen LogP contribution in [0.5, 0.6) is 0 Å². The Balaban J connectivity index is 1.47. The summed E-state index contributed by atoms with van der Waals surface area (Å²) < 4.78 is 13.1. The lowest BCUT2D eigenvalue weighted by Gasteiger charge is -2.26. The molecule has 0 spiro atoms. The number of aryl methyl sites for hydroxylation is 1. The van der Waals surface area contributed by atoms with Gasteiger partial charge in [-0.2, -0.15) is 0 Å². The molecule has 1 aliphatic carbocycles. The van der Waals surface area contributed by atoms with E-state index < -0.39 is 0 Å². The molecule has 3 aromatic rings. The van der Waals surface area contributed by atoms with E-state index in [1.54, 1.807) is 12.1 Å². The molecule has 1 aliphatic rings. The third-order valence-corrected chi connectivity index (χ3v) is 6.42. The lowest BCUT2D eigenvalue weighted by molar-refractivity contribution is -0.122. The highest BCUT2D eigenvalue weighted by Gasteiger charge is 2.28. The van der Waals surface area contributed by atoms with Crippen LogP contribution in [-0.4, -0.2) is 11.8 Å². The molecular weight excluding hydrogens is 427 g/mol. The second kappa shape index (κ2) is 11.1. The zero-order valence-corrected chi connectivity index (χ0v) is 19.6. The van der Waals surface area contributed by atoms with Gasteiger partial charge < -0.3 is 10.2 Å². The number of halogens is 1. The van der Waals surface area contributed by atoms with Crippen LogP contribution in [0.3, 0.4) is 0 Å². The summed E-state index contributed by atoms with van der Waals surface area (Å²) in [5.41, 5.74) is 4.78. The Labute approximate surface area is 200 Å². The van der Waals surface area contributed by atoms with Gasteiger partial charge in [0.2, 0.25) is 11.8 Å². The molecule has 3 aromatic carbocycles. The van der Waals surface area contributed by atoms with Crippen LogP contribution in [-0.2, 0) is 29.1 Å². The summed E-state index contributed by atoms with van der Waals surface area (Å²) in [6.07, 6.45) is 4.29. The smallest absolute Gasteiger partial charge is 0.230 e. The summed E-state index contributed by atoms with van der Waals surface area (Å²) in [5.74, 6) is -0.188. The molecule has 0 bridgehead atoms. The van der Waals surface area contributed by atoms with Crippen molar-refractivity contribution in [2.75, 3.05) is 4.90 Å². The van der Waals surface area contributed by atoms with Gasteiger partial charge in [0.1, 0.15) is 5.82 Å². The molecule has 0 unspecified atom stereocenters. The number of benzene rings is 3. The van der Waals surface area contributed by atoms with Gasteiger partial charge in [-0.15, -0.1) is 0 Å². The third-order valence-electron chi connectivity index (χ3n) is 6.42. The van der Waals surface area contributed by atoms with E-state index in [1.165, 1.54) is 17.7 Å². The SMILES string of the molecule is Cc1ccc(CN(C(=O)C2CCCC2)c2cccc(CC(=O)NCc3ccc(F)cc3)c2)cc1. The summed E-state index contributed by atoms with van der Waals surface area (Å²) in [6.45, 7) is 2.91. The molecule has 1 saturated carbocycles. The van der Waals surface area contributed by atoms with Crippen LogP contribution in [0.1, 0.15) is 47.9 Å². The van der Waals surface area contributed by atoms with Gasteiger partial charge in [0.25, 0.3) is 0 Å². The van der Waals surface area contributed by atoms with Crippen molar-refractivity contribution in [2.45, 2.75) is 52.1 Å². The van der Waals surface area contributed by atoms with Crippen LogP contribution in [0.25, 0.3) is 0 Å². The highest BCUT2D eigenvalue weighted by Crippen LogP contribution is 2.30. The third kappa shape index (κ3) is 6.31. The van der Waals surface area contributed by atoms with E-state index in [1.807, 2.05) is 29.2 Å². The van der Waals surface area contributed by atoms with Gasteiger partial charge >= 0.3 is 0 Å². The largest absolute Gasteiger partial charge is 0.352 e. The first-order chi connectivity index (χ1) is 16.5. The molecule has 5 heteroatoms. The van der Waals surface area contributed by atoms with E-state index in [2.05, 4.69) is 36.5 Å². The van der Waals surface area contributed by atoms with Crippen LogP contribution in [0.4, 0.5) is 10.1 Å². The summed E-state index contributed by atoms with van der Waals surface area (Å²) in [4.78, 5) is 27.9. The minimum absolute atomic E-state index is 0.0631. The number of amides is 2. The standard InChI is InChI=1S/C29H31FN2O2/c1-21-9-11-23(12-10-21)20-32(29(34)25-6-2-3-7-25)27-8-4-5-24(17-27)18-28(33)31-19-22-13-15-26(30)16-14-22/h4-5,8-17,25H,2-3,6-7,18-20H2,1H3,(H,31,33). The fourth-order valence-corrected chi connectivity index (χ4v) is 4.45. The number of carbonyl (C=O) groups is 2. The minimum Gasteiger partial charge on any atom is -0.352 e. The molecule has 1 fully saturated rings. The van der Waals surface area contributed by atoms with E-state index >= 15 is 0 Å². The zero-order chi connectivity index (χ0) is 23.9. The molecule has 0 atom stereocenters. The number of nitrogens with zero attached hydrogens (tertiary/aromatic N) is 1. The van der Waals surface area contributed by atoms with Crippen molar-refractivity contribution < 1.29 is 14.0 Å². The topological polar surface area (TPSA) is 49.4 Å². The van der Waals surface area contributed by atoms with E-state index in [-0.39, 0.29) is 30.0 Å². The Kier molecular flexibility index (Phi) is 7.73. The first-order valence-corrected chi connectivity index (χ1v) is 11.9. The average molecular weight is 459 g/mol.